The Morgan fingerprint density at radius 2 is 1.35 bits per heavy atom. The lowest BCUT2D eigenvalue weighted by Gasteiger charge is -2.17. The number of rotatable bonds is 0. The maximum absolute atomic E-state index is 11.8. The first-order valence-corrected chi connectivity index (χ1v) is 6.63. The fourth-order valence-corrected chi connectivity index (χ4v) is 2.68. The maximum Gasteiger partial charge on any atom is 0.204 e. The van der Waals surface area contributed by atoms with Crippen LogP contribution in [0.4, 0.5) is 0 Å². The molecular formula is C10H3Br3O4. The molecule has 0 amide bonds. The van der Waals surface area contributed by atoms with E-state index in [2.05, 4.69) is 47.8 Å². The predicted octanol–water partition coefficient (Wildman–Crippen LogP) is 3.28. The SMILES string of the molecule is O=C1C=C(Br)C(=O)c2c(O)c(Br)c(Br)c(O)c21. The molecule has 1 aromatic rings. The second kappa shape index (κ2) is 4.22. The zero-order valence-electron chi connectivity index (χ0n) is 7.92. The van der Waals surface area contributed by atoms with Crippen LogP contribution in [0.15, 0.2) is 19.5 Å². The van der Waals surface area contributed by atoms with Crippen molar-refractivity contribution in [1.29, 1.82) is 0 Å². The molecule has 88 valence electrons. The highest BCUT2D eigenvalue weighted by Crippen LogP contribution is 2.46. The first-order chi connectivity index (χ1) is 7.86. The number of ketones is 2. The quantitative estimate of drug-likeness (QED) is 0.624. The van der Waals surface area contributed by atoms with Gasteiger partial charge in [-0.15, -0.1) is 0 Å². The molecule has 0 saturated heterocycles. The molecule has 2 rings (SSSR count). The molecule has 1 aliphatic rings. The Hall–Kier alpha value is -0.660. The first kappa shape index (κ1) is 12.8. The van der Waals surface area contributed by atoms with Gasteiger partial charge in [-0.1, -0.05) is 0 Å². The first-order valence-electron chi connectivity index (χ1n) is 4.25. The minimum absolute atomic E-state index is 0.0407. The van der Waals surface area contributed by atoms with Gasteiger partial charge in [-0.2, -0.15) is 0 Å². The highest BCUT2D eigenvalue weighted by atomic mass is 79.9. The van der Waals surface area contributed by atoms with E-state index >= 15 is 0 Å². The third-order valence-electron chi connectivity index (χ3n) is 2.28. The lowest BCUT2D eigenvalue weighted by molar-refractivity contribution is 0.0986. The number of allylic oxidation sites excluding steroid dienone is 2. The molecule has 0 radical (unpaired) electrons. The van der Waals surface area contributed by atoms with E-state index in [9.17, 15) is 19.8 Å². The van der Waals surface area contributed by atoms with Gasteiger partial charge in [-0.05, 0) is 47.8 Å². The van der Waals surface area contributed by atoms with Gasteiger partial charge in [0.2, 0.25) is 5.78 Å². The number of carbonyl (C=O) groups is 2. The van der Waals surface area contributed by atoms with E-state index in [0.717, 1.165) is 6.08 Å². The van der Waals surface area contributed by atoms with Crippen LogP contribution in [0.3, 0.4) is 0 Å². The molecule has 4 nitrogen and oxygen atoms in total. The van der Waals surface area contributed by atoms with Crippen molar-refractivity contribution < 1.29 is 19.8 Å². The van der Waals surface area contributed by atoms with Crippen LogP contribution in [-0.2, 0) is 0 Å². The van der Waals surface area contributed by atoms with Gasteiger partial charge < -0.3 is 10.2 Å². The van der Waals surface area contributed by atoms with Gasteiger partial charge in [-0.3, -0.25) is 9.59 Å². The smallest absolute Gasteiger partial charge is 0.204 e. The number of fused-ring (bicyclic) bond motifs is 1. The van der Waals surface area contributed by atoms with Gasteiger partial charge in [0.25, 0.3) is 0 Å². The van der Waals surface area contributed by atoms with Gasteiger partial charge in [0.05, 0.1) is 24.6 Å². The van der Waals surface area contributed by atoms with E-state index in [4.69, 9.17) is 0 Å². The summed E-state index contributed by atoms with van der Waals surface area (Å²) in [5.74, 6) is -1.86. The van der Waals surface area contributed by atoms with Crippen LogP contribution in [0.5, 0.6) is 11.5 Å². The van der Waals surface area contributed by atoms with Crippen molar-refractivity contribution in [3.63, 3.8) is 0 Å². The average molecular weight is 427 g/mol. The molecule has 0 spiro atoms. The monoisotopic (exact) mass is 424 g/mol. The van der Waals surface area contributed by atoms with E-state index in [1.54, 1.807) is 0 Å². The molecule has 17 heavy (non-hydrogen) atoms. The van der Waals surface area contributed by atoms with Crippen molar-refractivity contribution in [3.8, 4) is 11.5 Å². The number of hydrogen-bond acceptors (Lipinski definition) is 4. The van der Waals surface area contributed by atoms with Gasteiger partial charge in [0.1, 0.15) is 11.5 Å². The van der Waals surface area contributed by atoms with Gasteiger partial charge >= 0.3 is 0 Å². The predicted molar refractivity (Wildman–Crippen MR) is 70.8 cm³/mol. The number of benzene rings is 1. The number of carbonyl (C=O) groups excluding carboxylic acids is 2. The van der Waals surface area contributed by atoms with Crippen LogP contribution < -0.4 is 0 Å². The van der Waals surface area contributed by atoms with Crippen molar-refractivity contribution in [2.75, 3.05) is 0 Å². The fraction of sp³-hybridized carbons (Fsp3) is 0. The lowest BCUT2D eigenvalue weighted by Crippen LogP contribution is -2.15. The summed E-state index contributed by atoms with van der Waals surface area (Å²) in [4.78, 5) is 23.5. The molecule has 0 aliphatic heterocycles. The van der Waals surface area contributed by atoms with Crippen LogP contribution in [0, 0.1) is 0 Å². The topological polar surface area (TPSA) is 74.6 Å². The summed E-state index contributed by atoms with van der Waals surface area (Å²) in [7, 11) is 0. The zero-order valence-corrected chi connectivity index (χ0v) is 12.7. The van der Waals surface area contributed by atoms with Gasteiger partial charge in [0, 0.05) is 6.08 Å². The molecule has 1 aromatic carbocycles. The van der Waals surface area contributed by atoms with Crippen LogP contribution in [0.2, 0.25) is 0 Å². The van der Waals surface area contributed by atoms with Crippen molar-refractivity contribution in [1.82, 2.24) is 0 Å². The summed E-state index contributed by atoms with van der Waals surface area (Å²) in [6.07, 6.45) is 1.06. The highest BCUT2D eigenvalue weighted by molar-refractivity contribution is 9.13. The molecule has 0 heterocycles. The molecule has 1 aliphatic carbocycles. The van der Waals surface area contributed by atoms with E-state index < -0.39 is 11.6 Å². The number of Topliss-reactive ketones (excluding diaryl/α,β-unsaturated/α-hetero) is 1. The lowest BCUT2D eigenvalue weighted by atomic mass is 9.93. The third-order valence-corrected chi connectivity index (χ3v) is 4.95. The fourth-order valence-electron chi connectivity index (χ4n) is 1.50. The minimum Gasteiger partial charge on any atom is -0.506 e. The minimum atomic E-state index is -0.555. The molecule has 0 atom stereocenters. The highest BCUT2D eigenvalue weighted by Gasteiger charge is 2.33. The van der Waals surface area contributed by atoms with Crippen molar-refractivity contribution >= 4 is 59.4 Å². The normalized spacial score (nSPS) is 14.6. The Labute approximate surface area is 121 Å². The van der Waals surface area contributed by atoms with Crippen LogP contribution in [0.1, 0.15) is 20.7 Å². The van der Waals surface area contributed by atoms with Crippen molar-refractivity contribution in [2.45, 2.75) is 0 Å². The number of phenolic OH excluding ortho intramolecular Hbond substituents is 2. The molecule has 0 saturated carbocycles. The van der Waals surface area contributed by atoms with Crippen LogP contribution in [-0.4, -0.2) is 21.8 Å². The largest absolute Gasteiger partial charge is 0.506 e. The number of phenols is 2. The van der Waals surface area contributed by atoms with Crippen LogP contribution in [0.25, 0.3) is 0 Å². The summed E-state index contributed by atoms with van der Waals surface area (Å²) in [5, 5.41) is 19.7. The molecule has 2 N–H and O–H groups in total. The van der Waals surface area contributed by atoms with Gasteiger partial charge in [-0.25, -0.2) is 0 Å². The second-order valence-corrected chi connectivity index (χ2v) is 5.70. The average Bonchev–Trinajstić information content (AvgIpc) is 2.28. The summed E-state index contributed by atoms with van der Waals surface area (Å²) >= 11 is 8.98. The summed E-state index contributed by atoms with van der Waals surface area (Å²) in [6.45, 7) is 0. The summed E-state index contributed by atoms with van der Waals surface area (Å²) < 4.78 is 0.289. The molecule has 0 aromatic heterocycles. The van der Waals surface area contributed by atoms with E-state index in [-0.39, 0.29) is 36.1 Å². The molecule has 0 bridgehead atoms. The standard InChI is InChI=1S/C10H3Br3O4/c11-2-1-3(14)4-5(8(2)15)10(17)7(13)6(12)9(4)16/h1,16-17H. The Morgan fingerprint density at radius 1 is 0.882 bits per heavy atom. The molecule has 0 fully saturated rings. The Kier molecular flexibility index (Phi) is 3.17. The van der Waals surface area contributed by atoms with Crippen LogP contribution >= 0.6 is 47.8 Å². The van der Waals surface area contributed by atoms with Crippen molar-refractivity contribution in [2.24, 2.45) is 0 Å². The number of halogens is 3. The van der Waals surface area contributed by atoms with Gasteiger partial charge in [0.15, 0.2) is 5.78 Å². The molecule has 7 heteroatoms. The maximum atomic E-state index is 11.8. The number of hydrogen-bond donors (Lipinski definition) is 2. The molecule has 0 unspecified atom stereocenters. The Bertz CT molecular complexity index is 604. The van der Waals surface area contributed by atoms with E-state index in [0.29, 0.717) is 0 Å². The molecular weight excluding hydrogens is 424 g/mol. The van der Waals surface area contributed by atoms with E-state index in [1.807, 2.05) is 0 Å². The number of aromatic hydroxyl groups is 2. The van der Waals surface area contributed by atoms with Crippen molar-refractivity contribution in [3.05, 3.63) is 30.6 Å². The zero-order chi connectivity index (χ0) is 12.9. The summed E-state index contributed by atoms with van der Waals surface area (Å²) in [5.41, 5.74) is -0.414. The Morgan fingerprint density at radius 3 is 1.88 bits per heavy atom. The third kappa shape index (κ3) is 1.76. The Balaban J connectivity index is 2.93. The summed E-state index contributed by atoms with van der Waals surface area (Å²) in [6, 6.07) is 0. The van der Waals surface area contributed by atoms with E-state index in [1.165, 1.54) is 0 Å². The second-order valence-electron chi connectivity index (χ2n) is 3.26.